The molecular formula is C13H9ClFN3O2. The average Bonchev–Trinajstić information content (AvgIpc) is 2.41. The highest BCUT2D eigenvalue weighted by Crippen LogP contribution is 2.23. The van der Waals surface area contributed by atoms with Gasteiger partial charge >= 0.3 is 0 Å². The summed E-state index contributed by atoms with van der Waals surface area (Å²) in [4.78, 5) is 26.4. The number of hydrogen-bond donors (Lipinski definition) is 2. The van der Waals surface area contributed by atoms with E-state index in [1.165, 1.54) is 24.3 Å². The first kappa shape index (κ1) is 14.0. The number of anilines is 1. The van der Waals surface area contributed by atoms with Crippen LogP contribution in [-0.2, 0) is 0 Å². The van der Waals surface area contributed by atoms with E-state index in [1.807, 2.05) is 0 Å². The zero-order chi connectivity index (χ0) is 14.7. The third-order valence-corrected chi connectivity index (χ3v) is 2.82. The highest BCUT2D eigenvalue weighted by molar-refractivity contribution is 6.34. The molecule has 0 saturated carbocycles. The quantitative estimate of drug-likeness (QED) is 0.851. The molecule has 2 amide bonds. The molecule has 0 atom stereocenters. The van der Waals surface area contributed by atoms with Crippen molar-refractivity contribution in [2.75, 3.05) is 5.32 Å². The Morgan fingerprint density at radius 1 is 1.20 bits per heavy atom. The SMILES string of the molecule is NC(=O)c1ccc(Cl)c(NC(=O)c2ccc(F)nc2)c1. The number of rotatable bonds is 3. The highest BCUT2D eigenvalue weighted by Gasteiger charge is 2.11. The second kappa shape index (κ2) is 5.66. The smallest absolute Gasteiger partial charge is 0.257 e. The number of pyridine rings is 1. The number of amides is 2. The van der Waals surface area contributed by atoms with Crippen LogP contribution in [0.1, 0.15) is 20.7 Å². The first-order valence-electron chi connectivity index (χ1n) is 5.49. The van der Waals surface area contributed by atoms with E-state index in [9.17, 15) is 14.0 Å². The molecular weight excluding hydrogens is 285 g/mol. The third kappa shape index (κ3) is 3.10. The van der Waals surface area contributed by atoms with Gasteiger partial charge in [-0.1, -0.05) is 11.6 Å². The van der Waals surface area contributed by atoms with Gasteiger partial charge in [-0.05, 0) is 30.3 Å². The van der Waals surface area contributed by atoms with E-state index >= 15 is 0 Å². The molecule has 0 radical (unpaired) electrons. The largest absolute Gasteiger partial charge is 0.366 e. The Kier molecular flexibility index (Phi) is 3.95. The van der Waals surface area contributed by atoms with Gasteiger partial charge in [0, 0.05) is 11.8 Å². The van der Waals surface area contributed by atoms with Crippen molar-refractivity contribution < 1.29 is 14.0 Å². The lowest BCUT2D eigenvalue weighted by Crippen LogP contribution is -2.15. The number of primary amides is 1. The number of carbonyl (C=O) groups excluding carboxylic acids is 2. The molecule has 102 valence electrons. The van der Waals surface area contributed by atoms with Crippen LogP contribution in [0.15, 0.2) is 36.5 Å². The van der Waals surface area contributed by atoms with E-state index in [0.717, 1.165) is 12.3 Å². The summed E-state index contributed by atoms with van der Waals surface area (Å²) in [6, 6.07) is 6.60. The van der Waals surface area contributed by atoms with Crippen molar-refractivity contribution in [2.24, 2.45) is 5.73 Å². The summed E-state index contributed by atoms with van der Waals surface area (Å²) in [7, 11) is 0. The van der Waals surface area contributed by atoms with E-state index < -0.39 is 17.8 Å². The van der Waals surface area contributed by atoms with Crippen LogP contribution in [0.4, 0.5) is 10.1 Å². The van der Waals surface area contributed by atoms with Crippen molar-refractivity contribution >= 4 is 29.1 Å². The van der Waals surface area contributed by atoms with Gasteiger partial charge in [-0.25, -0.2) is 4.98 Å². The molecule has 5 nitrogen and oxygen atoms in total. The summed E-state index contributed by atoms with van der Waals surface area (Å²) in [5, 5.41) is 2.75. The normalized spacial score (nSPS) is 10.1. The first-order valence-corrected chi connectivity index (χ1v) is 5.87. The molecule has 3 N–H and O–H groups in total. The first-order chi connectivity index (χ1) is 9.47. The summed E-state index contributed by atoms with van der Waals surface area (Å²) in [6.45, 7) is 0. The van der Waals surface area contributed by atoms with Gasteiger partial charge in [0.25, 0.3) is 5.91 Å². The van der Waals surface area contributed by atoms with Crippen LogP contribution in [0.2, 0.25) is 5.02 Å². The van der Waals surface area contributed by atoms with Crippen LogP contribution in [0.5, 0.6) is 0 Å². The van der Waals surface area contributed by atoms with Gasteiger partial charge < -0.3 is 11.1 Å². The van der Waals surface area contributed by atoms with Gasteiger partial charge in [0.1, 0.15) is 0 Å². The summed E-state index contributed by atoms with van der Waals surface area (Å²) in [5.41, 5.74) is 5.75. The molecule has 2 rings (SSSR count). The molecule has 2 aromatic rings. The maximum Gasteiger partial charge on any atom is 0.257 e. The van der Waals surface area contributed by atoms with Gasteiger partial charge in [-0.15, -0.1) is 0 Å². The minimum Gasteiger partial charge on any atom is -0.366 e. The monoisotopic (exact) mass is 293 g/mol. The van der Waals surface area contributed by atoms with E-state index in [2.05, 4.69) is 10.3 Å². The number of nitrogens with zero attached hydrogens (tertiary/aromatic N) is 1. The number of carbonyl (C=O) groups is 2. The lowest BCUT2D eigenvalue weighted by atomic mass is 10.2. The topological polar surface area (TPSA) is 85.1 Å². The standard InChI is InChI=1S/C13H9ClFN3O2/c14-9-3-1-7(12(16)19)5-10(9)18-13(20)8-2-4-11(15)17-6-8/h1-6H,(H2,16,19)(H,18,20). The van der Waals surface area contributed by atoms with E-state index in [0.29, 0.717) is 0 Å². The second-order valence-corrected chi connectivity index (χ2v) is 4.29. The lowest BCUT2D eigenvalue weighted by Gasteiger charge is -2.08. The van der Waals surface area contributed by atoms with Gasteiger partial charge in [0.15, 0.2) is 0 Å². The Balaban J connectivity index is 2.25. The zero-order valence-corrected chi connectivity index (χ0v) is 10.8. The Morgan fingerprint density at radius 2 is 1.90 bits per heavy atom. The average molecular weight is 294 g/mol. The van der Waals surface area contributed by atoms with Crippen LogP contribution in [0.3, 0.4) is 0 Å². The maximum atomic E-state index is 12.7. The second-order valence-electron chi connectivity index (χ2n) is 3.88. The van der Waals surface area contributed by atoms with Crippen molar-refractivity contribution in [1.29, 1.82) is 0 Å². The van der Waals surface area contributed by atoms with E-state index in [4.69, 9.17) is 17.3 Å². The minimum atomic E-state index is -0.685. The predicted molar refractivity (Wildman–Crippen MR) is 72.1 cm³/mol. The van der Waals surface area contributed by atoms with Crippen LogP contribution >= 0.6 is 11.6 Å². The number of nitrogens with one attached hydrogen (secondary N) is 1. The summed E-state index contributed by atoms with van der Waals surface area (Å²) >= 11 is 5.92. The van der Waals surface area contributed by atoms with Crippen molar-refractivity contribution in [3.8, 4) is 0 Å². The molecule has 1 heterocycles. The minimum absolute atomic E-state index is 0.159. The van der Waals surface area contributed by atoms with Gasteiger partial charge in [0.2, 0.25) is 11.9 Å². The molecule has 1 aromatic heterocycles. The number of nitrogens with two attached hydrogens (primary N) is 1. The van der Waals surface area contributed by atoms with Crippen molar-refractivity contribution in [3.05, 3.63) is 58.6 Å². The van der Waals surface area contributed by atoms with Crippen molar-refractivity contribution in [2.45, 2.75) is 0 Å². The van der Waals surface area contributed by atoms with Gasteiger partial charge in [-0.2, -0.15) is 4.39 Å². The Morgan fingerprint density at radius 3 is 2.50 bits per heavy atom. The molecule has 0 fully saturated rings. The van der Waals surface area contributed by atoms with Crippen LogP contribution in [0.25, 0.3) is 0 Å². The fraction of sp³-hybridized carbons (Fsp3) is 0. The predicted octanol–water partition coefficient (Wildman–Crippen LogP) is 2.23. The zero-order valence-electron chi connectivity index (χ0n) is 10.1. The molecule has 20 heavy (non-hydrogen) atoms. The Bertz CT molecular complexity index is 674. The van der Waals surface area contributed by atoms with Gasteiger partial charge in [0.05, 0.1) is 16.3 Å². The maximum absolute atomic E-state index is 12.7. The molecule has 0 aliphatic rings. The third-order valence-electron chi connectivity index (χ3n) is 2.49. The van der Waals surface area contributed by atoms with Crippen molar-refractivity contribution in [3.63, 3.8) is 0 Å². The highest BCUT2D eigenvalue weighted by atomic mass is 35.5. The van der Waals surface area contributed by atoms with E-state index in [1.54, 1.807) is 0 Å². The summed E-state index contributed by atoms with van der Waals surface area (Å²) in [5.74, 6) is -1.85. The molecule has 0 unspecified atom stereocenters. The molecule has 0 spiro atoms. The van der Waals surface area contributed by atoms with Crippen LogP contribution < -0.4 is 11.1 Å². The Labute approximate surface area is 118 Å². The fourth-order valence-electron chi connectivity index (χ4n) is 1.48. The molecule has 7 heteroatoms. The molecule has 0 bridgehead atoms. The van der Waals surface area contributed by atoms with Crippen LogP contribution in [-0.4, -0.2) is 16.8 Å². The van der Waals surface area contributed by atoms with E-state index in [-0.39, 0.29) is 21.8 Å². The van der Waals surface area contributed by atoms with Crippen molar-refractivity contribution in [1.82, 2.24) is 4.98 Å². The molecule has 0 saturated heterocycles. The van der Waals surface area contributed by atoms with Gasteiger partial charge in [-0.3, -0.25) is 9.59 Å². The van der Waals surface area contributed by atoms with Crippen LogP contribution in [0, 0.1) is 5.95 Å². The Hall–Kier alpha value is -2.47. The number of hydrogen-bond acceptors (Lipinski definition) is 3. The molecule has 0 aliphatic carbocycles. The number of aromatic nitrogens is 1. The lowest BCUT2D eigenvalue weighted by molar-refractivity contribution is 0.0996. The fourth-order valence-corrected chi connectivity index (χ4v) is 1.64. The summed E-state index contributed by atoms with van der Waals surface area (Å²) in [6.07, 6.45) is 1.09. The summed E-state index contributed by atoms with van der Waals surface area (Å²) < 4.78 is 12.7. The molecule has 0 aliphatic heterocycles. The number of halogens is 2. The molecule has 1 aromatic carbocycles. The number of benzene rings is 1.